The number of hydrogen-bond acceptors (Lipinski definition) is 2. The van der Waals surface area contributed by atoms with E-state index in [9.17, 15) is 0 Å². The van der Waals surface area contributed by atoms with Gasteiger partial charge in [-0.05, 0) is 23.6 Å². The highest BCUT2D eigenvalue weighted by atomic mass is 35.5. The fourth-order valence-corrected chi connectivity index (χ4v) is 3.36. The van der Waals surface area contributed by atoms with Crippen molar-refractivity contribution in [2.24, 2.45) is 0 Å². The van der Waals surface area contributed by atoms with E-state index in [1.807, 2.05) is 36.4 Å². The van der Waals surface area contributed by atoms with Gasteiger partial charge in [-0.3, -0.25) is 0 Å². The number of fused-ring (bicyclic) bond motifs is 1. The van der Waals surface area contributed by atoms with Crippen molar-refractivity contribution in [3.8, 4) is 5.75 Å². The average molecular weight is 309 g/mol. The van der Waals surface area contributed by atoms with E-state index in [0.29, 0.717) is 17.4 Å². The van der Waals surface area contributed by atoms with E-state index in [-0.39, 0.29) is 0 Å². The van der Waals surface area contributed by atoms with Gasteiger partial charge in [-0.2, -0.15) is 0 Å². The number of hydrogen-bond donors (Lipinski definition) is 0. The summed E-state index contributed by atoms with van der Waals surface area (Å²) in [6, 6.07) is 13.4. The van der Waals surface area contributed by atoms with Gasteiger partial charge in [0.15, 0.2) is 0 Å². The largest absolute Gasteiger partial charge is 0.487 e. The summed E-state index contributed by atoms with van der Waals surface area (Å²) in [5.74, 6) is 0.700. The molecule has 0 N–H and O–H groups in total. The van der Waals surface area contributed by atoms with Crippen molar-refractivity contribution < 1.29 is 4.74 Å². The zero-order valence-corrected chi connectivity index (χ0v) is 12.2. The lowest BCUT2D eigenvalue weighted by atomic mass is 10.2. The molecule has 4 heteroatoms. The lowest BCUT2D eigenvalue weighted by Crippen LogP contribution is -1.94. The first kappa shape index (κ1) is 12.8. The van der Waals surface area contributed by atoms with Crippen molar-refractivity contribution >= 4 is 44.6 Å². The summed E-state index contributed by atoms with van der Waals surface area (Å²) in [6.07, 6.45) is 0. The van der Waals surface area contributed by atoms with Crippen LogP contribution >= 0.6 is 34.5 Å². The van der Waals surface area contributed by atoms with Crippen LogP contribution in [0, 0.1) is 0 Å². The van der Waals surface area contributed by atoms with Crippen LogP contribution in [0.5, 0.6) is 5.75 Å². The van der Waals surface area contributed by atoms with Gasteiger partial charge >= 0.3 is 0 Å². The van der Waals surface area contributed by atoms with Crippen LogP contribution in [0.25, 0.3) is 10.1 Å². The lowest BCUT2D eigenvalue weighted by molar-refractivity contribution is 0.308. The molecule has 1 heterocycles. The molecular formula is C15H10Cl2OS. The topological polar surface area (TPSA) is 9.23 Å². The summed E-state index contributed by atoms with van der Waals surface area (Å²) in [5, 5.41) is 4.63. The van der Waals surface area contributed by atoms with Crippen molar-refractivity contribution in [2.75, 3.05) is 0 Å². The minimum Gasteiger partial charge on any atom is -0.487 e. The van der Waals surface area contributed by atoms with Gasteiger partial charge in [0, 0.05) is 10.9 Å². The highest BCUT2D eigenvalue weighted by Gasteiger charge is 2.08. The van der Waals surface area contributed by atoms with Crippen molar-refractivity contribution in [1.29, 1.82) is 0 Å². The second-order valence-electron chi connectivity index (χ2n) is 4.10. The molecule has 2 aromatic carbocycles. The van der Waals surface area contributed by atoms with E-state index in [2.05, 4.69) is 11.4 Å². The highest BCUT2D eigenvalue weighted by molar-refractivity contribution is 7.18. The van der Waals surface area contributed by atoms with Crippen molar-refractivity contribution in [3.63, 3.8) is 0 Å². The van der Waals surface area contributed by atoms with Gasteiger partial charge in [0.2, 0.25) is 0 Å². The molecule has 0 fully saturated rings. The molecule has 19 heavy (non-hydrogen) atoms. The second-order valence-corrected chi connectivity index (χ2v) is 5.79. The van der Waals surface area contributed by atoms with Crippen LogP contribution in [-0.2, 0) is 6.61 Å². The Balaban J connectivity index is 1.87. The number of ether oxygens (including phenoxy) is 1. The molecule has 3 rings (SSSR count). The lowest BCUT2D eigenvalue weighted by Gasteiger charge is -2.07. The smallest absolute Gasteiger partial charge is 0.138 e. The molecule has 0 aliphatic carbocycles. The maximum atomic E-state index is 6.16. The van der Waals surface area contributed by atoms with E-state index in [0.717, 1.165) is 20.7 Å². The third-order valence-corrected chi connectivity index (χ3v) is 4.67. The molecule has 0 radical (unpaired) electrons. The number of halogens is 2. The van der Waals surface area contributed by atoms with Crippen LogP contribution in [0.4, 0.5) is 0 Å². The van der Waals surface area contributed by atoms with Gasteiger partial charge < -0.3 is 4.74 Å². The average Bonchev–Trinajstić information content (AvgIpc) is 2.83. The summed E-state index contributed by atoms with van der Waals surface area (Å²) < 4.78 is 6.86. The minimum absolute atomic E-state index is 0.490. The van der Waals surface area contributed by atoms with Gasteiger partial charge in [0.05, 0.1) is 14.7 Å². The third-order valence-electron chi connectivity index (χ3n) is 2.85. The summed E-state index contributed by atoms with van der Waals surface area (Å²) in [7, 11) is 0. The molecule has 0 unspecified atom stereocenters. The molecule has 0 saturated carbocycles. The predicted octanol–water partition coefficient (Wildman–Crippen LogP) is 5.79. The Bertz CT molecular complexity index is 721. The molecule has 1 nitrogen and oxygen atoms in total. The third kappa shape index (κ3) is 2.57. The first-order valence-corrected chi connectivity index (χ1v) is 7.41. The monoisotopic (exact) mass is 308 g/mol. The summed E-state index contributed by atoms with van der Waals surface area (Å²) in [6.45, 7) is 0.490. The van der Waals surface area contributed by atoms with Gasteiger partial charge in [-0.15, -0.1) is 11.3 Å². The normalized spacial score (nSPS) is 10.8. The Morgan fingerprint density at radius 1 is 0.947 bits per heavy atom. The Labute approximate surface area is 125 Å². The predicted molar refractivity (Wildman–Crippen MR) is 82.6 cm³/mol. The molecular weight excluding hydrogens is 299 g/mol. The van der Waals surface area contributed by atoms with Crippen molar-refractivity contribution in [1.82, 2.24) is 0 Å². The highest BCUT2D eigenvalue weighted by Crippen LogP contribution is 2.33. The molecule has 0 amide bonds. The number of thiophene rings is 1. The number of para-hydroxylation sites is 1. The van der Waals surface area contributed by atoms with E-state index in [1.54, 1.807) is 11.3 Å². The molecule has 0 spiro atoms. The Kier molecular flexibility index (Phi) is 3.65. The standard InChI is InChI=1S/C15H10Cl2OS/c16-12-5-1-2-7-14(12)18-8-10-9-19-15-11(10)4-3-6-13(15)17/h1-7,9H,8H2. The van der Waals surface area contributed by atoms with Crippen LogP contribution in [0.2, 0.25) is 10.0 Å². The fourth-order valence-electron chi connectivity index (χ4n) is 1.90. The second kappa shape index (κ2) is 5.41. The first-order chi connectivity index (χ1) is 9.25. The summed E-state index contributed by atoms with van der Waals surface area (Å²) in [5.41, 5.74) is 1.13. The van der Waals surface area contributed by atoms with Crippen LogP contribution in [0.1, 0.15) is 5.56 Å². The van der Waals surface area contributed by atoms with E-state index < -0.39 is 0 Å². The quantitative estimate of drug-likeness (QED) is 0.595. The fraction of sp³-hybridized carbons (Fsp3) is 0.0667. The maximum absolute atomic E-state index is 6.16. The van der Waals surface area contributed by atoms with Crippen molar-refractivity contribution in [2.45, 2.75) is 6.61 Å². The number of benzene rings is 2. The maximum Gasteiger partial charge on any atom is 0.138 e. The van der Waals surface area contributed by atoms with Crippen LogP contribution < -0.4 is 4.74 Å². The number of rotatable bonds is 3. The van der Waals surface area contributed by atoms with Gasteiger partial charge in [-0.25, -0.2) is 0 Å². The molecule has 0 aliphatic rings. The van der Waals surface area contributed by atoms with Crippen LogP contribution in [0.3, 0.4) is 0 Å². The zero-order chi connectivity index (χ0) is 13.2. The van der Waals surface area contributed by atoms with Crippen LogP contribution in [0.15, 0.2) is 47.8 Å². The SMILES string of the molecule is Clc1ccccc1OCc1csc2c(Cl)cccc12. The molecule has 0 bridgehead atoms. The van der Waals surface area contributed by atoms with E-state index >= 15 is 0 Å². The molecule has 0 atom stereocenters. The Hall–Kier alpha value is -1.22. The van der Waals surface area contributed by atoms with Crippen LogP contribution in [-0.4, -0.2) is 0 Å². The Morgan fingerprint density at radius 2 is 1.74 bits per heavy atom. The first-order valence-electron chi connectivity index (χ1n) is 5.77. The van der Waals surface area contributed by atoms with Gasteiger partial charge in [0.25, 0.3) is 0 Å². The Morgan fingerprint density at radius 3 is 2.58 bits per heavy atom. The molecule has 1 aromatic heterocycles. The molecule has 3 aromatic rings. The summed E-state index contributed by atoms with van der Waals surface area (Å²) in [4.78, 5) is 0. The van der Waals surface area contributed by atoms with E-state index in [4.69, 9.17) is 27.9 Å². The van der Waals surface area contributed by atoms with Crippen molar-refractivity contribution in [3.05, 3.63) is 63.5 Å². The minimum atomic E-state index is 0.490. The zero-order valence-electron chi connectivity index (χ0n) is 9.90. The van der Waals surface area contributed by atoms with Gasteiger partial charge in [0.1, 0.15) is 12.4 Å². The summed E-state index contributed by atoms with van der Waals surface area (Å²) >= 11 is 13.9. The molecule has 96 valence electrons. The van der Waals surface area contributed by atoms with E-state index in [1.165, 1.54) is 0 Å². The molecule has 0 saturated heterocycles. The van der Waals surface area contributed by atoms with Gasteiger partial charge in [-0.1, -0.05) is 47.5 Å². The molecule has 0 aliphatic heterocycles.